The molecule has 0 spiro atoms. The second-order valence-electron chi connectivity index (χ2n) is 6.06. The molecule has 4 aromatic rings. The smallest absolute Gasteiger partial charge is 0.261 e. The van der Waals surface area contributed by atoms with Gasteiger partial charge in [0.05, 0.1) is 15.9 Å². The van der Waals surface area contributed by atoms with E-state index < -0.39 is 15.8 Å². The van der Waals surface area contributed by atoms with E-state index in [4.69, 9.17) is 0 Å². The Kier molecular flexibility index (Phi) is 4.45. The molecule has 7 heteroatoms. The number of halogens is 1. The number of pyridine rings is 1. The Morgan fingerprint density at radius 1 is 0.889 bits per heavy atom. The third-order valence-electron chi connectivity index (χ3n) is 4.27. The standard InChI is InChI=1S/C20H16FN3O2S/c21-15-8-11-17(12-9-15)27(25,26)24-19-7-2-1-6-18(19)23-20(24)13-10-16-5-3-4-14-22-16/h1-9,11-12,14H,10,13H2. The Bertz CT molecular complexity index is 1190. The van der Waals surface area contributed by atoms with Gasteiger partial charge < -0.3 is 0 Å². The highest BCUT2D eigenvalue weighted by molar-refractivity contribution is 7.90. The van der Waals surface area contributed by atoms with Crippen LogP contribution in [0.5, 0.6) is 0 Å². The summed E-state index contributed by atoms with van der Waals surface area (Å²) in [5.41, 5.74) is 1.95. The lowest BCUT2D eigenvalue weighted by atomic mass is 10.2. The summed E-state index contributed by atoms with van der Waals surface area (Å²) in [6.45, 7) is 0. The normalized spacial score (nSPS) is 11.7. The maximum Gasteiger partial charge on any atom is 0.269 e. The van der Waals surface area contributed by atoms with Crippen molar-refractivity contribution < 1.29 is 12.8 Å². The van der Waals surface area contributed by atoms with Gasteiger partial charge in [-0.2, -0.15) is 0 Å². The van der Waals surface area contributed by atoms with E-state index in [1.807, 2.05) is 24.3 Å². The number of fused-ring (bicyclic) bond motifs is 1. The summed E-state index contributed by atoms with van der Waals surface area (Å²) in [7, 11) is -3.91. The van der Waals surface area contributed by atoms with E-state index in [1.54, 1.807) is 24.4 Å². The second kappa shape index (κ2) is 6.92. The molecule has 2 aromatic carbocycles. The molecule has 27 heavy (non-hydrogen) atoms. The highest BCUT2D eigenvalue weighted by atomic mass is 32.2. The molecule has 0 amide bonds. The maximum absolute atomic E-state index is 13.2. The summed E-state index contributed by atoms with van der Waals surface area (Å²) in [6, 6.07) is 17.5. The Balaban J connectivity index is 1.81. The molecule has 0 unspecified atom stereocenters. The van der Waals surface area contributed by atoms with Gasteiger partial charge in [0.2, 0.25) is 0 Å². The van der Waals surface area contributed by atoms with Gasteiger partial charge in [-0.25, -0.2) is 21.8 Å². The van der Waals surface area contributed by atoms with Crippen molar-refractivity contribution in [2.45, 2.75) is 17.7 Å². The van der Waals surface area contributed by atoms with Crippen LogP contribution in [0, 0.1) is 5.82 Å². The molecular weight excluding hydrogens is 365 g/mol. The quantitative estimate of drug-likeness (QED) is 0.530. The number of hydrogen-bond acceptors (Lipinski definition) is 4. The van der Waals surface area contributed by atoms with Gasteiger partial charge in [-0.1, -0.05) is 18.2 Å². The zero-order chi connectivity index (χ0) is 18.9. The molecule has 2 aromatic heterocycles. The zero-order valence-electron chi connectivity index (χ0n) is 14.3. The first-order valence-electron chi connectivity index (χ1n) is 8.43. The monoisotopic (exact) mass is 381 g/mol. The Hall–Kier alpha value is -3.06. The van der Waals surface area contributed by atoms with Crippen LogP contribution in [0.1, 0.15) is 11.5 Å². The molecule has 0 aliphatic carbocycles. The molecule has 0 atom stereocenters. The number of hydrogen-bond donors (Lipinski definition) is 0. The van der Waals surface area contributed by atoms with Crippen molar-refractivity contribution in [2.75, 3.05) is 0 Å². The van der Waals surface area contributed by atoms with Gasteiger partial charge in [0.25, 0.3) is 10.0 Å². The Morgan fingerprint density at radius 2 is 1.63 bits per heavy atom. The maximum atomic E-state index is 13.2. The van der Waals surface area contributed by atoms with Crippen LogP contribution in [0.3, 0.4) is 0 Å². The Morgan fingerprint density at radius 3 is 2.37 bits per heavy atom. The van der Waals surface area contributed by atoms with E-state index in [1.165, 1.54) is 16.1 Å². The number of para-hydroxylation sites is 2. The molecule has 0 radical (unpaired) electrons. The van der Waals surface area contributed by atoms with Crippen molar-refractivity contribution in [2.24, 2.45) is 0 Å². The van der Waals surface area contributed by atoms with E-state index in [2.05, 4.69) is 9.97 Å². The minimum Gasteiger partial charge on any atom is -0.261 e. The van der Waals surface area contributed by atoms with Gasteiger partial charge in [-0.15, -0.1) is 0 Å². The summed E-state index contributed by atoms with van der Waals surface area (Å²) < 4.78 is 41.0. The summed E-state index contributed by atoms with van der Waals surface area (Å²) in [5, 5.41) is 0. The molecule has 0 fully saturated rings. The molecular formula is C20H16FN3O2S. The predicted octanol–water partition coefficient (Wildman–Crippen LogP) is 3.59. The highest BCUT2D eigenvalue weighted by Crippen LogP contribution is 2.24. The third kappa shape index (κ3) is 3.33. The molecule has 0 aliphatic rings. The van der Waals surface area contributed by atoms with Crippen molar-refractivity contribution >= 4 is 21.1 Å². The number of rotatable bonds is 5. The number of aromatic nitrogens is 3. The molecule has 4 rings (SSSR count). The van der Waals surface area contributed by atoms with Crippen LogP contribution in [-0.4, -0.2) is 22.4 Å². The van der Waals surface area contributed by atoms with Gasteiger partial charge in [0.1, 0.15) is 11.6 Å². The third-order valence-corrected chi connectivity index (χ3v) is 6.02. The lowest BCUT2D eigenvalue weighted by molar-refractivity contribution is 0.584. The molecule has 0 saturated heterocycles. The van der Waals surface area contributed by atoms with Crippen LogP contribution in [0.2, 0.25) is 0 Å². The van der Waals surface area contributed by atoms with Gasteiger partial charge in [0, 0.05) is 18.3 Å². The lowest BCUT2D eigenvalue weighted by Crippen LogP contribution is -2.17. The van der Waals surface area contributed by atoms with Crippen LogP contribution in [-0.2, 0) is 22.9 Å². The average molecular weight is 381 g/mol. The van der Waals surface area contributed by atoms with Crippen molar-refractivity contribution in [3.8, 4) is 0 Å². The topological polar surface area (TPSA) is 64.8 Å². The predicted molar refractivity (Wildman–Crippen MR) is 100 cm³/mol. The molecule has 0 N–H and O–H groups in total. The minimum atomic E-state index is -3.91. The van der Waals surface area contributed by atoms with Gasteiger partial charge in [-0.3, -0.25) is 4.98 Å². The largest absolute Gasteiger partial charge is 0.269 e. The van der Waals surface area contributed by atoms with Crippen molar-refractivity contribution in [3.05, 3.63) is 90.3 Å². The fraction of sp³-hybridized carbons (Fsp3) is 0.100. The van der Waals surface area contributed by atoms with Crippen LogP contribution < -0.4 is 0 Å². The van der Waals surface area contributed by atoms with E-state index in [9.17, 15) is 12.8 Å². The molecule has 0 aliphatic heterocycles. The first kappa shape index (κ1) is 17.4. The first-order valence-corrected chi connectivity index (χ1v) is 9.87. The number of aryl methyl sites for hydroxylation is 2. The lowest BCUT2D eigenvalue weighted by Gasteiger charge is -2.10. The van der Waals surface area contributed by atoms with E-state index in [-0.39, 0.29) is 4.90 Å². The van der Waals surface area contributed by atoms with Gasteiger partial charge in [0.15, 0.2) is 0 Å². The van der Waals surface area contributed by atoms with Crippen LogP contribution in [0.4, 0.5) is 4.39 Å². The van der Waals surface area contributed by atoms with Crippen molar-refractivity contribution in [1.82, 2.24) is 13.9 Å². The zero-order valence-corrected chi connectivity index (χ0v) is 15.1. The first-order chi connectivity index (χ1) is 13.1. The molecule has 0 saturated carbocycles. The summed E-state index contributed by atoms with van der Waals surface area (Å²) >= 11 is 0. The molecule has 2 heterocycles. The minimum absolute atomic E-state index is 0.0196. The fourth-order valence-corrected chi connectivity index (χ4v) is 4.49. The van der Waals surface area contributed by atoms with Gasteiger partial charge >= 0.3 is 0 Å². The van der Waals surface area contributed by atoms with Crippen LogP contribution in [0.25, 0.3) is 11.0 Å². The van der Waals surface area contributed by atoms with Crippen molar-refractivity contribution in [1.29, 1.82) is 0 Å². The Labute approximate surface area is 156 Å². The summed E-state index contributed by atoms with van der Waals surface area (Å²) in [4.78, 5) is 8.82. The van der Waals surface area contributed by atoms with E-state index in [0.717, 1.165) is 17.8 Å². The average Bonchev–Trinajstić information content (AvgIpc) is 3.07. The molecule has 0 bridgehead atoms. The molecule has 5 nitrogen and oxygen atoms in total. The second-order valence-corrected chi connectivity index (χ2v) is 7.85. The number of benzene rings is 2. The fourth-order valence-electron chi connectivity index (χ4n) is 2.98. The van der Waals surface area contributed by atoms with Crippen molar-refractivity contribution in [3.63, 3.8) is 0 Å². The van der Waals surface area contributed by atoms with E-state index in [0.29, 0.717) is 29.7 Å². The molecule has 136 valence electrons. The SMILES string of the molecule is O=S(=O)(c1ccc(F)cc1)n1c(CCc2ccccn2)nc2ccccc21. The van der Waals surface area contributed by atoms with Crippen LogP contribution >= 0.6 is 0 Å². The summed E-state index contributed by atoms with van der Waals surface area (Å²) in [6.07, 6.45) is 2.67. The number of nitrogens with zero attached hydrogens (tertiary/aromatic N) is 3. The number of imidazole rings is 1. The van der Waals surface area contributed by atoms with Crippen LogP contribution in [0.15, 0.2) is 77.8 Å². The summed E-state index contributed by atoms with van der Waals surface area (Å²) in [5.74, 6) is -0.0639. The highest BCUT2D eigenvalue weighted by Gasteiger charge is 2.24. The van der Waals surface area contributed by atoms with E-state index >= 15 is 0 Å². The van der Waals surface area contributed by atoms with Gasteiger partial charge in [-0.05, 0) is 55.0 Å².